The highest BCUT2D eigenvalue weighted by Gasteiger charge is 2.12. The van der Waals surface area contributed by atoms with E-state index in [0.29, 0.717) is 24.7 Å². The van der Waals surface area contributed by atoms with Crippen LogP contribution in [0.1, 0.15) is 18.1 Å². The van der Waals surface area contributed by atoms with Gasteiger partial charge < -0.3 is 24.0 Å². The van der Waals surface area contributed by atoms with E-state index in [9.17, 15) is 4.79 Å². The van der Waals surface area contributed by atoms with Gasteiger partial charge in [-0.15, -0.1) is 0 Å². The van der Waals surface area contributed by atoms with Crippen molar-refractivity contribution in [1.29, 1.82) is 0 Å². The van der Waals surface area contributed by atoms with E-state index in [0.717, 1.165) is 37.4 Å². The van der Waals surface area contributed by atoms with Crippen LogP contribution >= 0.6 is 0 Å². The topological polar surface area (TPSA) is 51.2 Å². The summed E-state index contributed by atoms with van der Waals surface area (Å²) in [5, 5.41) is 0. The molecule has 1 heterocycles. The molecule has 6 nitrogen and oxygen atoms in total. The smallest absolute Gasteiger partial charge is 0.246 e. The molecule has 160 valence electrons. The van der Waals surface area contributed by atoms with E-state index in [1.165, 1.54) is 5.69 Å². The van der Waals surface area contributed by atoms with Gasteiger partial charge in [-0.2, -0.15) is 0 Å². The van der Waals surface area contributed by atoms with Crippen LogP contribution < -0.4 is 14.4 Å². The fraction of sp³-hybridized carbons (Fsp3) is 0.375. The average Bonchev–Trinajstić information content (AvgIpc) is 2.79. The monoisotopic (exact) mass is 410 g/mol. The van der Waals surface area contributed by atoms with Gasteiger partial charge in [-0.3, -0.25) is 4.79 Å². The van der Waals surface area contributed by atoms with Crippen molar-refractivity contribution in [3.05, 3.63) is 59.7 Å². The van der Waals surface area contributed by atoms with Crippen LogP contribution in [0.25, 0.3) is 6.08 Å². The maximum atomic E-state index is 12.5. The van der Waals surface area contributed by atoms with Crippen LogP contribution in [-0.2, 0) is 16.1 Å². The van der Waals surface area contributed by atoms with Crippen molar-refractivity contribution in [3.63, 3.8) is 0 Å². The number of ether oxygens (including phenoxy) is 3. The number of hydrogen-bond donors (Lipinski definition) is 0. The third kappa shape index (κ3) is 5.76. The third-order valence-electron chi connectivity index (χ3n) is 5.01. The van der Waals surface area contributed by atoms with Crippen LogP contribution in [0.2, 0.25) is 0 Å². The summed E-state index contributed by atoms with van der Waals surface area (Å²) in [4.78, 5) is 16.5. The third-order valence-corrected chi connectivity index (χ3v) is 5.01. The normalized spacial score (nSPS) is 14.0. The summed E-state index contributed by atoms with van der Waals surface area (Å²) in [6.45, 7) is 6.42. The van der Waals surface area contributed by atoms with E-state index >= 15 is 0 Å². The lowest BCUT2D eigenvalue weighted by Crippen LogP contribution is -2.36. The molecule has 0 radical (unpaired) electrons. The maximum absolute atomic E-state index is 12.5. The Balaban J connectivity index is 1.57. The predicted octanol–water partition coefficient (Wildman–Crippen LogP) is 3.60. The first-order valence-electron chi connectivity index (χ1n) is 10.3. The molecule has 30 heavy (non-hydrogen) atoms. The highest BCUT2D eigenvalue weighted by atomic mass is 16.5. The summed E-state index contributed by atoms with van der Waals surface area (Å²) < 4.78 is 16.3. The summed E-state index contributed by atoms with van der Waals surface area (Å²) in [6.07, 6.45) is 3.37. The first-order chi connectivity index (χ1) is 14.6. The van der Waals surface area contributed by atoms with Crippen LogP contribution in [0.15, 0.2) is 48.5 Å². The number of nitrogens with zero attached hydrogens (tertiary/aromatic N) is 2. The molecule has 1 amide bonds. The van der Waals surface area contributed by atoms with Gasteiger partial charge >= 0.3 is 0 Å². The Labute approximate surface area is 178 Å². The van der Waals surface area contributed by atoms with Crippen LogP contribution in [0.3, 0.4) is 0 Å². The fourth-order valence-corrected chi connectivity index (χ4v) is 3.34. The van der Waals surface area contributed by atoms with Gasteiger partial charge in [-0.05, 0) is 48.4 Å². The molecule has 2 aromatic rings. The van der Waals surface area contributed by atoms with E-state index in [4.69, 9.17) is 14.2 Å². The molecule has 2 aromatic carbocycles. The van der Waals surface area contributed by atoms with Gasteiger partial charge in [0.15, 0.2) is 11.5 Å². The molecule has 0 aromatic heterocycles. The van der Waals surface area contributed by atoms with Crippen molar-refractivity contribution in [2.45, 2.75) is 13.5 Å². The molecule has 6 heteroatoms. The maximum Gasteiger partial charge on any atom is 0.246 e. The molecule has 0 atom stereocenters. The zero-order chi connectivity index (χ0) is 21.3. The van der Waals surface area contributed by atoms with Gasteiger partial charge in [-0.1, -0.05) is 18.2 Å². The number of methoxy groups -OCH3 is 1. The van der Waals surface area contributed by atoms with Gasteiger partial charge in [0.05, 0.1) is 26.9 Å². The van der Waals surface area contributed by atoms with Crippen LogP contribution in [0.5, 0.6) is 11.5 Å². The summed E-state index contributed by atoms with van der Waals surface area (Å²) in [6, 6.07) is 14.0. The lowest BCUT2D eigenvalue weighted by atomic mass is 10.1. The average molecular weight is 411 g/mol. The molecule has 1 fully saturated rings. The molecule has 1 saturated heterocycles. The number of benzene rings is 2. The Morgan fingerprint density at radius 2 is 1.87 bits per heavy atom. The molecule has 0 spiro atoms. The molecule has 3 rings (SSSR count). The van der Waals surface area contributed by atoms with Crippen LogP contribution in [0.4, 0.5) is 5.69 Å². The Bertz CT molecular complexity index is 858. The standard InChI is InChI=1S/C24H30N2O4/c1-4-30-22-11-7-19(17-23(22)28-3)8-12-24(27)25(2)18-20-5-9-21(10-6-20)26-13-15-29-16-14-26/h5-12,17H,4,13-16,18H2,1-3H3/b12-8+. The number of anilines is 1. The van der Waals surface area contributed by atoms with Crippen molar-refractivity contribution >= 4 is 17.7 Å². The van der Waals surface area contributed by atoms with Gasteiger partial charge in [0.25, 0.3) is 0 Å². The number of likely N-dealkylation sites (N-methyl/N-ethyl adjacent to an activating group) is 1. The van der Waals surface area contributed by atoms with E-state index in [-0.39, 0.29) is 5.91 Å². The van der Waals surface area contributed by atoms with Crippen molar-refractivity contribution in [2.24, 2.45) is 0 Å². The lowest BCUT2D eigenvalue weighted by Gasteiger charge is -2.29. The highest BCUT2D eigenvalue weighted by Crippen LogP contribution is 2.28. The summed E-state index contributed by atoms with van der Waals surface area (Å²) in [7, 11) is 3.41. The van der Waals surface area contributed by atoms with Crippen molar-refractivity contribution in [1.82, 2.24) is 4.90 Å². The van der Waals surface area contributed by atoms with Crippen LogP contribution in [0, 0.1) is 0 Å². The van der Waals surface area contributed by atoms with E-state index in [2.05, 4.69) is 29.2 Å². The second kappa shape index (κ2) is 10.7. The number of rotatable bonds is 8. The Kier molecular flexibility index (Phi) is 7.74. The molecule has 0 unspecified atom stereocenters. The van der Waals surface area contributed by atoms with Crippen molar-refractivity contribution < 1.29 is 19.0 Å². The zero-order valence-electron chi connectivity index (χ0n) is 18.0. The highest BCUT2D eigenvalue weighted by molar-refractivity contribution is 5.91. The fourth-order valence-electron chi connectivity index (χ4n) is 3.34. The number of morpholine rings is 1. The van der Waals surface area contributed by atoms with Gasteiger partial charge in [0.1, 0.15) is 0 Å². The first kappa shape index (κ1) is 21.7. The van der Waals surface area contributed by atoms with Crippen molar-refractivity contribution in [2.75, 3.05) is 52.0 Å². The largest absolute Gasteiger partial charge is 0.493 e. The SMILES string of the molecule is CCOc1ccc(/C=C/C(=O)N(C)Cc2ccc(N3CCOCC3)cc2)cc1OC. The zero-order valence-corrected chi connectivity index (χ0v) is 18.0. The molecule has 1 aliphatic heterocycles. The summed E-state index contributed by atoms with van der Waals surface area (Å²) >= 11 is 0. The second-order valence-electron chi connectivity index (χ2n) is 7.14. The van der Waals surface area contributed by atoms with Gasteiger partial charge in [0.2, 0.25) is 5.91 Å². The minimum absolute atomic E-state index is 0.0555. The van der Waals surface area contributed by atoms with E-state index in [1.807, 2.05) is 25.1 Å². The molecule has 0 bridgehead atoms. The molecule has 0 aliphatic carbocycles. The lowest BCUT2D eigenvalue weighted by molar-refractivity contribution is -0.125. The minimum atomic E-state index is -0.0555. The summed E-state index contributed by atoms with van der Waals surface area (Å²) in [5.41, 5.74) is 3.17. The Morgan fingerprint density at radius 1 is 1.13 bits per heavy atom. The Hall–Kier alpha value is -2.99. The first-order valence-corrected chi connectivity index (χ1v) is 10.3. The van der Waals surface area contributed by atoms with Crippen LogP contribution in [-0.4, -0.2) is 57.9 Å². The molecule has 0 saturated carbocycles. The Morgan fingerprint density at radius 3 is 2.53 bits per heavy atom. The van der Waals surface area contributed by atoms with Gasteiger partial charge in [-0.25, -0.2) is 0 Å². The quantitative estimate of drug-likeness (QED) is 0.623. The molecular weight excluding hydrogens is 380 g/mol. The van der Waals surface area contributed by atoms with Crippen molar-refractivity contribution in [3.8, 4) is 11.5 Å². The summed E-state index contributed by atoms with van der Waals surface area (Å²) in [5.74, 6) is 1.29. The van der Waals surface area contributed by atoms with E-state index < -0.39 is 0 Å². The predicted molar refractivity (Wildman–Crippen MR) is 119 cm³/mol. The number of carbonyl (C=O) groups excluding carboxylic acids is 1. The number of carbonyl (C=O) groups is 1. The molecule has 1 aliphatic rings. The minimum Gasteiger partial charge on any atom is -0.493 e. The second-order valence-corrected chi connectivity index (χ2v) is 7.14. The number of amides is 1. The molecular formula is C24H30N2O4. The molecule has 0 N–H and O–H groups in total. The number of hydrogen-bond acceptors (Lipinski definition) is 5. The van der Waals surface area contributed by atoms with E-state index in [1.54, 1.807) is 31.2 Å². The van der Waals surface area contributed by atoms with Gasteiger partial charge in [0, 0.05) is 38.4 Å².